The summed E-state index contributed by atoms with van der Waals surface area (Å²) in [6, 6.07) is 0.785. The molecule has 90 valence electrons. The number of rotatable bonds is 5. The maximum Gasteiger partial charge on any atom is 0.00953 e. The van der Waals surface area contributed by atoms with Gasteiger partial charge in [-0.15, -0.1) is 0 Å². The van der Waals surface area contributed by atoms with Crippen LogP contribution in [0.3, 0.4) is 0 Å². The van der Waals surface area contributed by atoms with Gasteiger partial charge in [0.1, 0.15) is 0 Å². The first-order valence-electron chi connectivity index (χ1n) is 6.88. The lowest BCUT2D eigenvalue weighted by Gasteiger charge is -2.35. The smallest absolute Gasteiger partial charge is 0.00953 e. The summed E-state index contributed by atoms with van der Waals surface area (Å²) in [4.78, 5) is 0. The molecule has 0 aromatic heterocycles. The van der Waals surface area contributed by atoms with Crippen molar-refractivity contribution < 1.29 is 0 Å². The highest BCUT2D eigenvalue weighted by atomic mass is 14.9. The summed E-state index contributed by atoms with van der Waals surface area (Å²) in [5.74, 6) is 2.63. The monoisotopic (exact) mass is 211 g/mol. The molecule has 0 saturated heterocycles. The van der Waals surface area contributed by atoms with E-state index in [1.807, 2.05) is 0 Å². The highest BCUT2D eigenvalue weighted by molar-refractivity contribution is 4.82. The van der Waals surface area contributed by atoms with E-state index in [1.54, 1.807) is 0 Å². The first-order chi connectivity index (χ1) is 7.15. The summed E-state index contributed by atoms with van der Waals surface area (Å²) >= 11 is 0. The van der Waals surface area contributed by atoms with Crippen molar-refractivity contribution in [1.82, 2.24) is 5.32 Å². The van der Waals surface area contributed by atoms with Crippen molar-refractivity contribution >= 4 is 0 Å². The molecule has 1 nitrogen and oxygen atoms in total. The van der Waals surface area contributed by atoms with Gasteiger partial charge in [-0.05, 0) is 37.1 Å². The number of nitrogens with one attached hydrogen (secondary N) is 1. The van der Waals surface area contributed by atoms with Crippen LogP contribution in [0.15, 0.2) is 0 Å². The van der Waals surface area contributed by atoms with E-state index in [9.17, 15) is 0 Å². The molecule has 4 unspecified atom stereocenters. The van der Waals surface area contributed by atoms with Crippen molar-refractivity contribution in [2.24, 2.45) is 17.8 Å². The van der Waals surface area contributed by atoms with Gasteiger partial charge in [0.25, 0.3) is 0 Å². The zero-order chi connectivity index (χ0) is 11.3. The van der Waals surface area contributed by atoms with Crippen molar-refractivity contribution in [3.8, 4) is 0 Å². The quantitative estimate of drug-likeness (QED) is 0.728. The van der Waals surface area contributed by atoms with E-state index in [0.29, 0.717) is 0 Å². The second-order valence-corrected chi connectivity index (χ2v) is 5.68. The van der Waals surface area contributed by atoms with E-state index < -0.39 is 0 Å². The minimum Gasteiger partial charge on any atom is -0.313 e. The molecule has 0 radical (unpaired) electrons. The Morgan fingerprint density at radius 2 is 2.00 bits per heavy atom. The first kappa shape index (κ1) is 13.0. The Bertz CT molecular complexity index is 167. The highest BCUT2D eigenvalue weighted by Gasteiger charge is 2.26. The molecule has 1 aliphatic rings. The minimum absolute atomic E-state index is 0.785. The fraction of sp³-hybridized carbons (Fsp3) is 1.00. The SMILES string of the molecule is CCCC(C)CNC1CCCC(C)C1C. The third-order valence-electron chi connectivity index (χ3n) is 4.22. The second-order valence-electron chi connectivity index (χ2n) is 5.68. The molecule has 15 heavy (non-hydrogen) atoms. The van der Waals surface area contributed by atoms with Crippen LogP contribution in [0.5, 0.6) is 0 Å². The van der Waals surface area contributed by atoms with Crippen molar-refractivity contribution in [2.45, 2.75) is 65.8 Å². The largest absolute Gasteiger partial charge is 0.313 e. The lowest BCUT2D eigenvalue weighted by atomic mass is 9.78. The summed E-state index contributed by atoms with van der Waals surface area (Å²) in [6.07, 6.45) is 6.93. The molecule has 1 fully saturated rings. The Morgan fingerprint density at radius 3 is 2.67 bits per heavy atom. The summed E-state index contributed by atoms with van der Waals surface area (Å²) in [5.41, 5.74) is 0. The second kappa shape index (κ2) is 6.52. The van der Waals surface area contributed by atoms with Crippen molar-refractivity contribution in [3.05, 3.63) is 0 Å². The Morgan fingerprint density at radius 1 is 1.27 bits per heavy atom. The highest BCUT2D eigenvalue weighted by Crippen LogP contribution is 2.29. The molecule has 0 aliphatic heterocycles. The van der Waals surface area contributed by atoms with Gasteiger partial charge in [-0.1, -0.05) is 47.0 Å². The molecule has 0 aromatic carbocycles. The predicted molar refractivity (Wildman–Crippen MR) is 68.0 cm³/mol. The van der Waals surface area contributed by atoms with Gasteiger partial charge < -0.3 is 5.32 Å². The molecule has 0 heterocycles. The molecule has 4 atom stereocenters. The Kier molecular flexibility index (Phi) is 5.66. The molecule has 1 saturated carbocycles. The van der Waals surface area contributed by atoms with Gasteiger partial charge in [-0.3, -0.25) is 0 Å². The molecule has 0 aromatic rings. The molecule has 1 aliphatic carbocycles. The van der Waals surface area contributed by atoms with Crippen LogP contribution in [0, 0.1) is 17.8 Å². The summed E-state index contributed by atoms with van der Waals surface area (Å²) < 4.78 is 0. The molecular formula is C14H29N. The predicted octanol–water partition coefficient (Wildman–Crippen LogP) is 3.84. The van der Waals surface area contributed by atoms with Gasteiger partial charge in [0, 0.05) is 6.04 Å². The third kappa shape index (κ3) is 4.14. The van der Waals surface area contributed by atoms with E-state index >= 15 is 0 Å². The van der Waals surface area contributed by atoms with E-state index in [0.717, 1.165) is 23.8 Å². The normalized spacial score (nSPS) is 34.0. The van der Waals surface area contributed by atoms with Crippen LogP contribution in [0.1, 0.15) is 59.8 Å². The van der Waals surface area contributed by atoms with Gasteiger partial charge in [-0.2, -0.15) is 0 Å². The zero-order valence-corrected chi connectivity index (χ0v) is 11.1. The fourth-order valence-electron chi connectivity index (χ4n) is 2.82. The van der Waals surface area contributed by atoms with Crippen LogP contribution in [0.25, 0.3) is 0 Å². The Labute approximate surface area is 96.0 Å². The van der Waals surface area contributed by atoms with E-state index in [1.165, 1.54) is 38.6 Å². The van der Waals surface area contributed by atoms with Crippen molar-refractivity contribution in [3.63, 3.8) is 0 Å². The van der Waals surface area contributed by atoms with E-state index in [2.05, 4.69) is 33.0 Å². The van der Waals surface area contributed by atoms with Crippen LogP contribution in [-0.2, 0) is 0 Å². The zero-order valence-electron chi connectivity index (χ0n) is 11.1. The molecule has 1 heteroatoms. The van der Waals surface area contributed by atoms with Crippen LogP contribution in [0.4, 0.5) is 0 Å². The molecule has 0 bridgehead atoms. The van der Waals surface area contributed by atoms with Crippen LogP contribution < -0.4 is 5.32 Å². The molecule has 1 rings (SSSR count). The maximum absolute atomic E-state index is 3.79. The van der Waals surface area contributed by atoms with Crippen LogP contribution in [-0.4, -0.2) is 12.6 Å². The Hall–Kier alpha value is -0.0400. The van der Waals surface area contributed by atoms with E-state index in [-0.39, 0.29) is 0 Å². The average Bonchev–Trinajstić information content (AvgIpc) is 2.21. The molecule has 0 spiro atoms. The fourth-order valence-corrected chi connectivity index (χ4v) is 2.82. The molecule has 1 N–H and O–H groups in total. The van der Waals surface area contributed by atoms with Crippen molar-refractivity contribution in [2.75, 3.05) is 6.54 Å². The third-order valence-corrected chi connectivity index (χ3v) is 4.22. The van der Waals surface area contributed by atoms with Gasteiger partial charge in [-0.25, -0.2) is 0 Å². The lowest BCUT2D eigenvalue weighted by Crippen LogP contribution is -2.42. The van der Waals surface area contributed by atoms with Crippen molar-refractivity contribution in [1.29, 1.82) is 0 Å². The molecule has 0 amide bonds. The first-order valence-corrected chi connectivity index (χ1v) is 6.88. The van der Waals surface area contributed by atoms with Gasteiger partial charge in [0.2, 0.25) is 0 Å². The standard InChI is InChI=1S/C14H29N/c1-5-7-11(2)10-15-14-9-6-8-12(3)13(14)4/h11-15H,5-10H2,1-4H3. The summed E-state index contributed by atoms with van der Waals surface area (Å²) in [7, 11) is 0. The Balaban J connectivity index is 2.25. The topological polar surface area (TPSA) is 12.0 Å². The average molecular weight is 211 g/mol. The number of hydrogen-bond donors (Lipinski definition) is 1. The minimum atomic E-state index is 0.785. The van der Waals surface area contributed by atoms with Crippen LogP contribution >= 0.6 is 0 Å². The summed E-state index contributed by atoms with van der Waals surface area (Å²) in [5, 5.41) is 3.79. The molecular weight excluding hydrogens is 182 g/mol. The van der Waals surface area contributed by atoms with Crippen LogP contribution in [0.2, 0.25) is 0 Å². The lowest BCUT2D eigenvalue weighted by molar-refractivity contribution is 0.201. The van der Waals surface area contributed by atoms with Gasteiger partial charge >= 0.3 is 0 Å². The van der Waals surface area contributed by atoms with E-state index in [4.69, 9.17) is 0 Å². The summed E-state index contributed by atoms with van der Waals surface area (Å²) in [6.45, 7) is 10.7. The number of hydrogen-bond acceptors (Lipinski definition) is 1. The van der Waals surface area contributed by atoms with Gasteiger partial charge in [0.15, 0.2) is 0 Å². The maximum atomic E-state index is 3.79. The van der Waals surface area contributed by atoms with Gasteiger partial charge in [0.05, 0.1) is 0 Å².